The molecule has 29 heavy (non-hydrogen) atoms. The van der Waals surface area contributed by atoms with Gasteiger partial charge in [0.1, 0.15) is 10.8 Å². The third kappa shape index (κ3) is 3.77. The van der Waals surface area contributed by atoms with Crippen LogP contribution in [0.1, 0.15) is 16.1 Å². The Labute approximate surface area is 172 Å². The second kappa shape index (κ2) is 7.73. The Morgan fingerprint density at radius 1 is 1.00 bits per heavy atom. The SMILES string of the molecule is O=c1[nH]c(-c2ccccc2)nc2c1CN(Cc1cnc(-c3ccccc3)s1)CC2. The van der Waals surface area contributed by atoms with Gasteiger partial charge in [-0.15, -0.1) is 11.3 Å². The molecule has 0 unspecified atom stereocenters. The van der Waals surface area contributed by atoms with E-state index < -0.39 is 0 Å². The van der Waals surface area contributed by atoms with Crippen molar-refractivity contribution in [3.63, 3.8) is 0 Å². The molecule has 0 bridgehead atoms. The number of nitrogens with zero attached hydrogens (tertiary/aromatic N) is 3. The van der Waals surface area contributed by atoms with Gasteiger partial charge in [0.15, 0.2) is 0 Å². The quantitative estimate of drug-likeness (QED) is 0.560. The summed E-state index contributed by atoms with van der Waals surface area (Å²) in [6.45, 7) is 2.30. The standard InChI is InChI=1S/C23H20N4OS/c28-22-19-15-27(14-18-13-24-23(29-18)17-9-5-2-6-10-17)12-11-20(19)25-21(26-22)16-7-3-1-4-8-16/h1-10,13H,11-12,14-15H2,(H,25,26,28). The number of thiazole rings is 1. The Morgan fingerprint density at radius 2 is 1.72 bits per heavy atom. The van der Waals surface area contributed by atoms with Gasteiger partial charge in [-0.25, -0.2) is 9.97 Å². The molecular formula is C23H20N4OS. The first-order chi connectivity index (χ1) is 14.3. The summed E-state index contributed by atoms with van der Waals surface area (Å²) in [6, 6.07) is 20.0. The highest BCUT2D eigenvalue weighted by atomic mass is 32.1. The topological polar surface area (TPSA) is 61.9 Å². The predicted octanol–water partition coefficient (Wildman–Crippen LogP) is 4.12. The summed E-state index contributed by atoms with van der Waals surface area (Å²) < 4.78 is 0. The fourth-order valence-electron chi connectivity index (χ4n) is 3.66. The van der Waals surface area contributed by atoms with Crippen molar-refractivity contribution in [2.45, 2.75) is 19.5 Å². The Balaban J connectivity index is 1.34. The zero-order valence-corrected chi connectivity index (χ0v) is 16.7. The molecule has 0 amide bonds. The lowest BCUT2D eigenvalue weighted by Gasteiger charge is -2.27. The van der Waals surface area contributed by atoms with E-state index in [1.165, 1.54) is 4.88 Å². The Hall–Kier alpha value is -3.09. The van der Waals surface area contributed by atoms with E-state index in [-0.39, 0.29) is 5.56 Å². The van der Waals surface area contributed by atoms with Crippen molar-refractivity contribution in [3.8, 4) is 22.0 Å². The summed E-state index contributed by atoms with van der Waals surface area (Å²) >= 11 is 1.71. The van der Waals surface area contributed by atoms with Gasteiger partial charge in [0.25, 0.3) is 5.56 Å². The zero-order valence-electron chi connectivity index (χ0n) is 15.8. The molecule has 0 saturated carbocycles. The van der Waals surface area contributed by atoms with E-state index in [0.29, 0.717) is 12.4 Å². The molecule has 0 fully saturated rings. The van der Waals surface area contributed by atoms with Crippen molar-refractivity contribution in [2.75, 3.05) is 6.54 Å². The number of aromatic nitrogens is 3. The molecule has 2 aromatic carbocycles. The molecule has 0 saturated heterocycles. The van der Waals surface area contributed by atoms with Crippen molar-refractivity contribution >= 4 is 11.3 Å². The van der Waals surface area contributed by atoms with E-state index in [1.807, 2.05) is 54.7 Å². The van der Waals surface area contributed by atoms with Crippen LogP contribution in [0.15, 0.2) is 71.7 Å². The normalized spacial score (nSPS) is 13.9. The molecule has 3 heterocycles. The van der Waals surface area contributed by atoms with Gasteiger partial charge in [0.05, 0.1) is 11.3 Å². The number of aromatic amines is 1. The van der Waals surface area contributed by atoms with E-state index >= 15 is 0 Å². The van der Waals surface area contributed by atoms with Crippen LogP contribution in [-0.4, -0.2) is 26.4 Å². The zero-order chi connectivity index (χ0) is 19.6. The summed E-state index contributed by atoms with van der Waals surface area (Å²) in [7, 11) is 0. The molecule has 5 nitrogen and oxygen atoms in total. The maximum Gasteiger partial charge on any atom is 0.255 e. The van der Waals surface area contributed by atoms with Gasteiger partial charge < -0.3 is 4.98 Å². The van der Waals surface area contributed by atoms with E-state index in [2.05, 4.69) is 27.0 Å². The first kappa shape index (κ1) is 18.0. The minimum Gasteiger partial charge on any atom is -0.306 e. The third-order valence-electron chi connectivity index (χ3n) is 5.15. The highest BCUT2D eigenvalue weighted by Crippen LogP contribution is 2.27. The molecule has 5 rings (SSSR count). The van der Waals surface area contributed by atoms with Gasteiger partial charge in [-0.1, -0.05) is 60.7 Å². The van der Waals surface area contributed by atoms with Crippen LogP contribution in [-0.2, 0) is 19.5 Å². The van der Waals surface area contributed by atoms with Crippen LogP contribution in [0.2, 0.25) is 0 Å². The van der Waals surface area contributed by atoms with Crippen LogP contribution >= 0.6 is 11.3 Å². The Bertz CT molecular complexity index is 1180. The fourth-order valence-corrected chi connectivity index (χ4v) is 4.62. The smallest absolute Gasteiger partial charge is 0.255 e. The molecule has 0 radical (unpaired) electrons. The van der Waals surface area contributed by atoms with Gasteiger partial charge in [0, 0.05) is 48.3 Å². The minimum atomic E-state index is -0.0344. The Morgan fingerprint density at radius 3 is 2.48 bits per heavy atom. The predicted molar refractivity (Wildman–Crippen MR) is 116 cm³/mol. The lowest BCUT2D eigenvalue weighted by atomic mass is 10.1. The van der Waals surface area contributed by atoms with E-state index in [1.54, 1.807) is 11.3 Å². The summed E-state index contributed by atoms with van der Waals surface area (Å²) in [4.78, 5) is 28.5. The summed E-state index contributed by atoms with van der Waals surface area (Å²) in [5, 5.41) is 1.03. The van der Waals surface area contributed by atoms with Gasteiger partial charge in [0.2, 0.25) is 0 Å². The first-order valence-corrected chi connectivity index (χ1v) is 10.5. The number of hydrogen-bond donors (Lipinski definition) is 1. The van der Waals surface area contributed by atoms with Crippen molar-refractivity contribution in [1.29, 1.82) is 0 Å². The summed E-state index contributed by atoms with van der Waals surface area (Å²) in [6.07, 6.45) is 2.73. The van der Waals surface area contributed by atoms with Crippen molar-refractivity contribution in [1.82, 2.24) is 19.9 Å². The molecule has 1 aliphatic rings. The van der Waals surface area contributed by atoms with Gasteiger partial charge in [-0.05, 0) is 0 Å². The largest absolute Gasteiger partial charge is 0.306 e. The van der Waals surface area contributed by atoms with E-state index in [9.17, 15) is 4.79 Å². The molecule has 0 aliphatic carbocycles. The third-order valence-corrected chi connectivity index (χ3v) is 6.18. The molecule has 0 spiro atoms. The fraction of sp³-hybridized carbons (Fsp3) is 0.174. The molecule has 1 aliphatic heterocycles. The second-order valence-corrected chi connectivity index (χ2v) is 8.28. The number of H-pyrrole nitrogens is 1. The molecule has 4 aromatic rings. The molecular weight excluding hydrogens is 380 g/mol. The lowest BCUT2D eigenvalue weighted by Crippen LogP contribution is -2.35. The molecule has 2 aromatic heterocycles. The van der Waals surface area contributed by atoms with Crippen LogP contribution in [0, 0.1) is 0 Å². The van der Waals surface area contributed by atoms with Crippen LogP contribution in [0.3, 0.4) is 0 Å². The maximum absolute atomic E-state index is 12.7. The number of benzene rings is 2. The minimum absolute atomic E-state index is 0.0344. The number of nitrogens with one attached hydrogen (secondary N) is 1. The molecule has 0 atom stereocenters. The molecule has 144 valence electrons. The summed E-state index contributed by atoms with van der Waals surface area (Å²) in [5.74, 6) is 0.651. The van der Waals surface area contributed by atoms with E-state index in [0.717, 1.165) is 46.9 Å². The monoisotopic (exact) mass is 400 g/mol. The van der Waals surface area contributed by atoms with Crippen LogP contribution < -0.4 is 5.56 Å². The Kier molecular flexibility index (Phi) is 4.79. The number of hydrogen-bond acceptors (Lipinski definition) is 5. The van der Waals surface area contributed by atoms with Crippen LogP contribution in [0.5, 0.6) is 0 Å². The van der Waals surface area contributed by atoms with Crippen molar-refractivity contribution < 1.29 is 0 Å². The van der Waals surface area contributed by atoms with Crippen molar-refractivity contribution in [3.05, 3.63) is 93.3 Å². The van der Waals surface area contributed by atoms with E-state index in [4.69, 9.17) is 4.98 Å². The van der Waals surface area contributed by atoms with Crippen molar-refractivity contribution in [2.24, 2.45) is 0 Å². The first-order valence-electron chi connectivity index (χ1n) is 9.66. The molecule has 1 N–H and O–H groups in total. The lowest BCUT2D eigenvalue weighted by molar-refractivity contribution is 0.244. The number of rotatable bonds is 4. The number of fused-ring (bicyclic) bond motifs is 1. The van der Waals surface area contributed by atoms with Gasteiger partial charge >= 0.3 is 0 Å². The average molecular weight is 401 g/mol. The maximum atomic E-state index is 12.7. The summed E-state index contributed by atoms with van der Waals surface area (Å²) in [5.41, 5.74) is 3.74. The van der Waals surface area contributed by atoms with Crippen LogP contribution in [0.4, 0.5) is 0 Å². The van der Waals surface area contributed by atoms with Gasteiger partial charge in [-0.3, -0.25) is 9.69 Å². The highest BCUT2D eigenvalue weighted by molar-refractivity contribution is 7.15. The van der Waals surface area contributed by atoms with Gasteiger partial charge in [-0.2, -0.15) is 0 Å². The van der Waals surface area contributed by atoms with Crippen LogP contribution in [0.25, 0.3) is 22.0 Å². The molecule has 6 heteroatoms. The average Bonchev–Trinajstić information content (AvgIpc) is 3.24. The highest BCUT2D eigenvalue weighted by Gasteiger charge is 2.22. The second-order valence-electron chi connectivity index (χ2n) is 7.16.